The van der Waals surface area contributed by atoms with E-state index >= 15 is 0 Å². The van der Waals surface area contributed by atoms with Crippen LogP contribution in [0.4, 0.5) is 0 Å². The topological polar surface area (TPSA) is 55.4 Å². The minimum atomic E-state index is -3.61. The minimum Gasteiger partial charge on any atom is -0.376 e. The molecule has 0 fully saturated rings. The molecular weight excluding hydrogens is 394 g/mol. The molecule has 0 aliphatic carbocycles. The number of hydrogen-bond acceptors (Lipinski definition) is 3. The number of unbranched alkanes of at least 4 members (excludes halogenated alkanes) is 1. The first-order valence-electron chi connectivity index (χ1n) is 10.8. The lowest BCUT2D eigenvalue weighted by molar-refractivity contribution is 0.0524. The molecule has 0 aliphatic heterocycles. The number of hydrogen-bond donors (Lipinski definition) is 1. The summed E-state index contributed by atoms with van der Waals surface area (Å²) in [5.74, 6) is 0.0916. The largest absolute Gasteiger partial charge is 0.376 e. The molecule has 4 nitrogen and oxygen atoms in total. The molecule has 2 atom stereocenters. The van der Waals surface area contributed by atoms with Crippen molar-refractivity contribution in [2.24, 2.45) is 11.3 Å². The molecule has 0 saturated heterocycles. The Balaban J connectivity index is 2.19. The van der Waals surface area contributed by atoms with Crippen molar-refractivity contribution < 1.29 is 13.2 Å². The van der Waals surface area contributed by atoms with Crippen molar-refractivity contribution in [2.75, 3.05) is 6.61 Å². The van der Waals surface area contributed by atoms with Gasteiger partial charge in [-0.05, 0) is 42.4 Å². The van der Waals surface area contributed by atoms with Gasteiger partial charge in [0.1, 0.15) is 0 Å². The third-order valence-electron chi connectivity index (χ3n) is 5.39. The normalized spacial score (nSPS) is 14.4. The van der Waals surface area contributed by atoms with E-state index < -0.39 is 10.0 Å². The van der Waals surface area contributed by atoms with Crippen LogP contribution in [0.15, 0.2) is 59.5 Å². The molecule has 0 heterocycles. The molecule has 0 aromatic heterocycles. The molecule has 0 bridgehead atoms. The molecule has 0 saturated carbocycles. The SMILES string of the molecule is CCCC[C@@H](COCc1ccccc1)[C@H](NS(=O)(=O)c1ccc(C)cc1)C(C)(C)C. The van der Waals surface area contributed by atoms with Gasteiger partial charge in [0.2, 0.25) is 10.0 Å². The zero-order valence-corrected chi connectivity index (χ0v) is 19.8. The Morgan fingerprint density at radius 1 is 1.00 bits per heavy atom. The van der Waals surface area contributed by atoms with Gasteiger partial charge < -0.3 is 4.74 Å². The Morgan fingerprint density at radius 2 is 1.63 bits per heavy atom. The van der Waals surface area contributed by atoms with Crippen molar-refractivity contribution >= 4 is 10.0 Å². The van der Waals surface area contributed by atoms with Crippen LogP contribution < -0.4 is 4.72 Å². The predicted octanol–water partition coefficient (Wildman–Crippen LogP) is 5.71. The highest BCUT2D eigenvalue weighted by Gasteiger charge is 2.35. The van der Waals surface area contributed by atoms with Crippen LogP contribution in [0.2, 0.25) is 0 Å². The van der Waals surface area contributed by atoms with Crippen LogP contribution in [0.5, 0.6) is 0 Å². The van der Waals surface area contributed by atoms with Gasteiger partial charge in [0.25, 0.3) is 0 Å². The first kappa shape index (κ1) is 24.6. The zero-order valence-electron chi connectivity index (χ0n) is 19.0. The summed E-state index contributed by atoms with van der Waals surface area (Å²) in [7, 11) is -3.61. The summed E-state index contributed by atoms with van der Waals surface area (Å²) in [6, 6.07) is 16.9. The second-order valence-corrected chi connectivity index (χ2v) is 10.9. The van der Waals surface area contributed by atoms with Gasteiger partial charge in [-0.3, -0.25) is 0 Å². The quantitative estimate of drug-likeness (QED) is 0.496. The summed E-state index contributed by atoms with van der Waals surface area (Å²) in [6.45, 7) is 11.4. The van der Waals surface area contributed by atoms with Crippen LogP contribution in [-0.2, 0) is 21.4 Å². The summed E-state index contributed by atoms with van der Waals surface area (Å²) >= 11 is 0. The molecule has 0 amide bonds. The van der Waals surface area contributed by atoms with Gasteiger partial charge in [-0.15, -0.1) is 0 Å². The molecule has 0 aliphatic rings. The van der Waals surface area contributed by atoms with E-state index in [1.165, 1.54) is 0 Å². The monoisotopic (exact) mass is 431 g/mol. The van der Waals surface area contributed by atoms with Gasteiger partial charge in [-0.25, -0.2) is 13.1 Å². The van der Waals surface area contributed by atoms with Crippen LogP contribution in [0, 0.1) is 18.3 Å². The fourth-order valence-electron chi connectivity index (χ4n) is 3.65. The van der Waals surface area contributed by atoms with Crippen molar-refractivity contribution in [1.29, 1.82) is 0 Å². The number of nitrogens with one attached hydrogen (secondary N) is 1. The molecule has 0 radical (unpaired) electrons. The summed E-state index contributed by atoms with van der Waals surface area (Å²) in [6.07, 6.45) is 3.03. The molecule has 30 heavy (non-hydrogen) atoms. The van der Waals surface area contributed by atoms with Crippen molar-refractivity contribution in [2.45, 2.75) is 71.4 Å². The van der Waals surface area contributed by atoms with Crippen molar-refractivity contribution in [3.8, 4) is 0 Å². The number of ether oxygens (including phenoxy) is 1. The average Bonchev–Trinajstić information content (AvgIpc) is 2.69. The highest BCUT2D eigenvalue weighted by atomic mass is 32.2. The summed E-state index contributed by atoms with van der Waals surface area (Å²) < 4.78 is 35.3. The summed E-state index contributed by atoms with van der Waals surface area (Å²) in [4.78, 5) is 0.307. The highest BCUT2D eigenvalue weighted by Crippen LogP contribution is 2.30. The number of benzene rings is 2. The maximum absolute atomic E-state index is 13.1. The molecular formula is C25H37NO3S. The van der Waals surface area contributed by atoms with E-state index in [-0.39, 0.29) is 17.4 Å². The van der Waals surface area contributed by atoms with Gasteiger partial charge in [0, 0.05) is 6.04 Å². The van der Waals surface area contributed by atoms with Gasteiger partial charge in [0.05, 0.1) is 18.1 Å². The van der Waals surface area contributed by atoms with E-state index in [9.17, 15) is 8.42 Å². The Labute approximate surface area is 183 Å². The standard InChI is InChI=1S/C25H37NO3S/c1-6-7-13-22(19-29-18-21-11-9-8-10-12-21)24(25(3,4)5)26-30(27,28)23-16-14-20(2)15-17-23/h8-12,14-17,22,24,26H,6-7,13,18-19H2,1-5H3/t22-,24-/m0/s1. The fraction of sp³-hybridized carbons (Fsp3) is 0.520. The smallest absolute Gasteiger partial charge is 0.240 e. The highest BCUT2D eigenvalue weighted by molar-refractivity contribution is 7.89. The van der Waals surface area contributed by atoms with Crippen LogP contribution in [0.3, 0.4) is 0 Å². The minimum absolute atomic E-state index is 0.0916. The Morgan fingerprint density at radius 3 is 2.20 bits per heavy atom. The van der Waals surface area contributed by atoms with Crippen LogP contribution in [0.1, 0.15) is 58.1 Å². The van der Waals surface area contributed by atoms with E-state index in [2.05, 4.69) is 32.4 Å². The molecule has 1 N–H and O–H groups in total. The fourth-order valence-corrected chi connectivity index (χ4v) is 5.16. The van der Waals surface area contributed by atoms with Gasteiger partial charge >= 0.3 is 0 Å². The molecule has 166 valence electrons. The molecule has 0 spiro atoms. The van der Waals surface area contributed by atoms with E-state index in [1.807, 2.05) is 49.4 Å². The second-order valence-electron chi connectivity index (χ2n) is 9.18. The van der Waals surface area contributed by atoms with E-state index in [0.717, 1.165) is 30.4 Å². The number of sulfonamides is 1. The summed E-state index contributed by atoms with van der Waals surface area (Å²) in [5, 5.41) is 0. The van der Waals surface area contributed by atoms with Crippen LogP contribution >= 0.6 is 0 Å². The molecule has 2 aromatic carbocycles. The molecule has 2 rings (SSSR count). The van der Waals surface area contributed by atoms with Gasteiger partial charge in [-0.2, -0.15) is 0 Å². The lowest BCUT2D eigenvalue weighted by Crippen LogP contribution is -2.49. The maximum Gasteiger partial charge on any atom is 0.240 e. The first-order valence-corrected chi connectivity index (χ1v) is 12.3. The third kappa shape index (κ3) is 7.53. The van der Waals surface area contributed by atoms with E-state index in [4.69, 9.17) is 4.74 Å². The summed E-state index contributed by atoms with van der Waals surface area (Å²) in [5.41, 5.74) is 1.92. The zero-order chi connectivity index (χ0) is 22.2. The molecule has 0 unspecified atom stereocenters. The number of aryl methyl sites for hydroxylation is 1. The Hall–Kier alpha value is -1.69. The maximum atomic E-state index is 13.1. The second kappa shape index (κ2) is 11.1. The van der Waals surface area contributed by atoms with Crippen molar-refractivity contribution in [1.82, 2.24) is 4.72 Å². The van der Waals surface area contributed by atoms with Crippen LogP contribution in [0.25, 0.3) is 0 Å². The van der Waals surface area contributed by atoms with E-state index in [0.29, 0.717) is 18.1 Å². The van der Waals surface area contributed by atoms with Crippen molar-refractivity contribution in [3.05, 3.63) is 65.7 Å². The molecule has 5 heteroatoms. The molecule has 2 aromatic rings. The lowest BCUT2D eigenvalue weighted by Gasteiger charge is -2.37. The third-order valence-corrected chi connectivity index (χ3v) is 6.85. The van der Waals surface area contributed by atoms with Crippen molar-refractivity contribution in [3.63, 3.8) is 0 Å². The van der Waals surface area contributed by atoms with E-state index in [1.54, 1.807) is 12.1 Å². The number of rotatable bonds is 11. The van der Waals surface area contributed by atoms with Gasteiger partial charge in [-0.1, -0.05) is 88.6 Å². The average molecular weight is 432 g/mol. The van der Waals surface area contributed by atoms with Gasteiger partial charge in [0.15, 0.2) is 0 Å². The Bertz CT molecular complexity index is 856. The lowest BCUT2D eigenvalue weighted by atomic mass is 9.78. The van der Waals surface area contributed by atoms with Crippen LogP contribution in [-0.4, -0.2) is 21.1 Å². The predicted molar refractivity (Wildman–Crippen MR) is 124 cm³/mol. The first-order chi connectivity index (χ1) is 14.1. The Kier molecular flexibility index (Phi) is 9.08.